The Bertz CT molecular complexity index is 293. The second-order valence-electron chi connectivity index (χ2n) is 5.32. The van der Waals surface area contributed by atoms with Crippen LogP contribution in [0.4, 0.5) is 0 Å². The van der Waals surface area contributed by atoms with Gasteiger partial charge < -0.3 is 15.4 Å². The van der Waals surface area contributed by atoms with E-state index in [1.807, 2.05) is 39.5 Å². The summed E-state index contributed by atoms with van der Waals surface area (Å²) in [6.45, 7) is 12.1. The topological polar surface area (TPSA) is 55.6 Å². The molecule has 1 aliphatic rings. The van der Waals surface area contributed by atoms with Crippen molar-refractivity contribution >= 4 is 18.3 Å². The van der Waals surface area contributed by atoms with Gasteiger partial charge in [0.15, 0.2) is 0 Å². The van der Waals surface area contributed by atoms with E-state index in [9.17, 15) is 4.79 Å². The van der Waals surface area contributed by atoms with Crippen LogP contribution in [0.3, 0.4) is 0 Å². The maximum Gasteiger partial charge on any atom is 0.243 e. The summed E-state index contributed by atoms with van der Waals surface area (Å²) in [5.41, 5.74) is 5.27. The Morgan fingerprint density at radius 3 is 2.17 bits per heavy atom. The third-order valence-corrected chi connectivity index (χ3v) is 4.26. The van der Waals surface area contributed by atoms with E-state index in [2.05, 4.69) is 0 Å². The Hall–Kier alpha value is -0.320. The van der Waals surface area contributed by atoms with Gasteiger partial charge in [-0.2, -0.15) is 0 Å². The number of likely N-dealkylation sites (N-methyl/N-ethyl adjacent to an activating group) is 1. The molecule has 0 spiro atoms. The van der Waals surface area contributed by atoms with Crippen LogP contribution in [0, 0.1) is 5.41 Å². The molecule has 108 valence electrons. The third-order valence-electron chi connectivity index (χ3n) is 4.26. The van der Waals surface area contributed by atoms with E-state index in [1.54, 1.807) is 0 Å². The summed E-state index contributed by atoms with van der Waals surface area (Å²) in [7, 11) is 0. The summed E-state index contributed by atoms with van der Waals surface area (Å²) >= 11 is 0. The monoisotopic (exact) mass is 278 g/mol. The molecule has 18 heavy (non-hydrogen) atoms. The number of rotatable bonds is 5. The van der Waals surface area contributed by atoms with Gasteiger partial charge in [-0.25, -0.2) is 0 Å². The van der Waals surface area contributed by atoms with Gasteiger partial charge in [0.05, 0.1) is 6.10 Å². The largest absolute Gasteiger partial charge is 0.378 e. The molecule has 0 aromatic heterocycles. The van der Waals surface area contributed by atoms with Crippen LogP contribution in [0.25, 0.3) is 0 Å². The SMILES string of the molecule is CCOC1CC(N)(C(=O)N(CC)CC)C1(C)C.Cl. The van der Waals surface area contributed by atoms with Crippen molar-refractivity contribution in [2.24, 2.45) is 11.1 Å². The molecule has 1 aliphatic carbocycles. The number of ether oxygens (including phenoxy) is 1. The molecule has 0 bridgehead atoms. The molecule has 0 saturated heterocycles. The molecule has 2 unspecified atom stereocenters. The van der Waals surface area contributed by atoms with Crippen molar-refractivity contribution in [3.8, 4) is 0 Å². The number of amides is 1. The molecule has 0 aromatic rings. The molecule has 1 saturated carbocycles. The molecule has 0 heterocycles. The molecule has 1 rings (SSSR count). The highest BCUT2D eigenvalue weighted by Gasteiger charge is 2.63. The molecular weight excluding hydrogens is 252 g/mol. The highest BCUT2D eigenvalue weighted by molar-refractivity contribution is 5.88. The maximum absolute atomic E-state index is 12.4. The fourth-order valence-corrected chi connectivity index (χ4v) is 2.59. The van der Waals surface area contributed by atoms with Crippen LogP contribution in [0.1, 0.15) is 41.0 Å². The third kappa shape index (κ3) is 2.51. The lowest BCUT2D eigenvalue weighted by molar-refractivity contribution is -0.179. The first kappa shape index (κ1) is 17.7. The van der Waals surface area contributed by atoms with Crippen LogP contribution in [0.2, 0.25) is 0 Å². The van der Waals surface area contributed by atoms with E-state index >= 15 is 0 Å². The Morgan fingerprint density at radius 2 is 1.83 bits per heavy atom. The number of nitrogens with two attached hydrogens (primary N) is 1. The molecule has 1 amide bonds. The van der Waals surface area contributed by atoms with Gasteiger partial charge in [-0.3, -0.25) is 4.79 Å². The smallest absolute Gasteiger partial charge is 0.243 e. The molecule has 0 aromatic carbocycles. The zero-order valence-corrected chi connectivity index (χ0v) is 13.0. The summed E-state index contributed by atoms with van der Waals surface area (Å²) in [5.74, 6) is 0.0588. The minimum absolute atomic E-state index is 0. The first-order chi connectivity index (χ1) is 7.85. The Labute approximate surface area is 117 Å². The van der Waals surface area contributed by atoms with Gasteiger partial charge >= 0.3 is 0 Å². The number of halogens is 1. The molecule has 0 aliphatic heterocycles. The zero-order chi connectivity index (χ0) is 13.3. The maximum atomic E-state index is 12.4. The quantitative estimate of drug-likeness (QED) is 0.834. The van der Waals surface area contributed by atoms with Crippen molar-refractivity contribution in [2.45, 2.75) is 52.7 Å². The minimum atomic E-state index is -0.765. The van der Waals surface area contributed by atoms with E-state index < -0.39 is 5.54 Å². The lowest BCUT2D eigenvalue weighted by atomic mass is 9.54. The number of carbonyl (C=O) groups is 1. The molecule has 5 heteroatoms. The summed E-state index contributed by atoms with van der Waals surface area (Å²) in [5, 5.41) is 0. The van der Waals surface area contributed by atoms with Crippen molar-refractivity contribution in [1.82, 2.24) is 4.90 Å². The van der Waals surface area contributed by atoms with E-state index in [4.69, 9.17) is 10.5 Å². The van der Waals surface area contributed by atoms with E-state index in [1.165, 1.54) is 0 Å². The summed E-state index contributed by atoms with van der Waals surface area (Å²) < 4.78 is 5.63. The molecule has 2 atom stereocenters. The Morgan fingerprint density at radius 1 is 1.33 bits per heavy atom. The molecule has 1 fully saturated rings. The Balaban J connectivity index is 0.00000289. The molecule has 4 nitrogen and oxygen atoms in total. The second-order valence-corrected chi connectivity index (χ2v) is 5.32. The van der Waals surface area contributed by atoms with Crippen molar-refractivity contribution < 1.29 is 9.53 Å². The van der Waals surface area contributed by atoms with Crippen LogP contribution in [0.5, 0.6) is 0 Å². The highest BCUT2D eigenvalue weighted by atomic mass is 35.5. The predicted molar refractivity (Wildman–Crippen MR) is 75.9 cm³/mol. The van der Waals surface area contributed by atoms with Crippen LogP contribution in [-0.2, 0) is 9.53 Å². The number of hydrogen-bond donors (Lipinski definition) is 1. The average Bonchev–Trinajstić information content (AvgIpc) is 2.29. The van der Waals surface area contributed by atoms with Crippen LogP contribution in [0.15, 0.2) is 0 Å². The van der Waals surface area contributed by atoms with Crippen molar-refractivity contribution in [3.05, 3.63) is 0 Å². The molecule has 0 radical (unpaired) electrons. The molecular formula is C13H27ClN2O2. The van der Waals surface area contributed by atoms with Crippen LogP contribution < -0.4 is 5.73 Å². The second kappa shape index (κ2) is 6.22. The van der Waals surface area contributed by atoms with Crippen LogP contribution in [-0.4, -0.2) is 42.1 Å². The number of hydrogen-bond acceptors (Lipinski definition) is 3. The van der Waals surface area contributed by atoms with Gasteiger partial charge in [-0.1, -0.05) is 13.8 Å². The van der Waals surface area contributed by atoms with Gasteiger partial charge in [0, 0.05) is 31.5 Å². The fraction of sp³-hybridized carbons (Fsp3) is 0.923. The minimum Gasteiger partial charge on any atom is -0.378 e. The van der Waals surface area contributed by atoms with Gasteiger partial charge in [-0.15, -0.1) is 12.4 Å². The predicted octanol–water partition coefficient (Wildman–Crippen LogP) is 1.81. The summed E-state index contributed by atoms with van der Waals surface area (Å²) in [6.07, 6.45) is 0.723. The number of carbonyl (C=O) groups excluding carboxylic acids is 1. The Kier molecular flexibility index (Phi) is 6.11. The van der Waals surface area contributed by atoms with E-state index in [0.717, 1.165) is 0 Å². The summed E-state index contributed by atoms with van der Waals surface area (Å²) in [4.78, 5) is 14.2. The van der Waals surface area contributed by atoms with Gasteiger partial charge in [-0.05, 0) is 20.8 Å². The van der Waals surface area contributed by atoms with Crippen molar-refractivity contribution in [2.75, 3.05) is 19.7 Å². The molecule has 2 N–H and O–H groups in total. The van der Waals surface area contributed by atoms with Crippen molar-refractivity contribution in [1.29, 1.82) is 0 Å². The number of nitrogens with zero attached hydrogens (tertiary/aromatic N) is 1. The normalized spacial score (nSPS) is 29.1. The first-order valence-corrected chi connectivity index (χ1v) is 6.55. The first-order valence-electron chi connectivity index (χ1n) is 6.55. The fourth-order valence-electron chi connectivity index (χ4n) is 2.59. The van der Waals surface area contributed by atoms with Gasteiger partial charge in [0.2, 0.25) is 5.91 Å². The van der Waals surface area contributed by atoms with E-state index in [0.29, 0.717) is 26.1 Å². The lowest BCUT2D eigenvalue weighted by Gasteiger charge is -2.58. The standard InChI is InChI=1S/C13H26N2O2.ClH/c1-6-15(7-2)11(16)13(14)9-10(17-8-3)12(13,4)5;/h10H,6-9,14H2,1-5H3;1H. The lowest BCUT2D eigenvalue weighted by Crippen LogP contribution is -2.76. The van der Waals surface area contributed by atoms with Gasteiger partial charge in [0.25, 0.3) is 0 Å². The van der Waals surface area contributed by atoms with Crippen LogP contribution >= 0.6 is 12.4 Å². The average molecular weight is 279 g/mol. The summed E-state index contributed by atoms with van der Waals surface area (Å²) in [6, 6.07) is 0. The van der Waals surface area contributed by atoms with Crippen molar-refractivity contribution in [3.63, 3.8) is 0 Å². The van der Waals surface area contributed by atoms with E-state index in [-0.39, 0.29) is 29.8 Å². The highest BCUT2D eigenvalue weighted by Crippen LogP contribution is 2.50. The van der Waals surface area contributed by atoms with Gasteiger partial charge in [0.1, 0.15) is 5.54 Å². The zero-order valence-electron chi connectivity index (χ0n) is 12.2.